The quantitative estimate of drug-likeness (QED) is 0.928. The molecule has 98 valence electrons. The molecule has 19 heavy (non-hydrogen) atoms. The minimum Gasteiger partial charge on any atom is -0.316 e. The number of urea groups is 1. The smallest absolute Gasteiger partial charge is 0.316 e. The molecule has 0 unspecified atom stereocenters. The van der Waals surface area contributed by atoms with Crippen LogP contribution in [0.5, 0.6) is 0 Å². The van der Waals surface area contributed by atoms with E-state index in [2.05, 4.69) is 19.9 Å². The van der Waals surface area contributed by atoms with Crippen molar-refractivity contribution in [3.05, 3.63) is 36.3 Å². The second-order valence-electron chi connectivity index (χ2n) is 4.39. The number of carbonyl (C=O) groups excluding carboxylic acids is 1. The van der Waals surface area contributed by atoms with Crippen LogP contribution in [0, 0.1) is 0 Å². The Morgan fingerprint density at radius 1 is 1.47 bits per heavy atom. The van der Waals surface area contributed by atoms with Crippen molar-refractivity contribution in [2.45, 2.75) is 25.4 Å². The van der Waals surface area contributed by atoms with Gasteiger partial charge in [-0.05, 0) is 25.0 Å². The second kappa shape index (κ2) is 5.31. The first kappa shape index (κ1) is 12.0. The van der Waals surface area contributed by atoms with Crippen LogP contribution in [0.25, 0.3) is 0 Å². The zero-order valence-electron chi connectivity index (χ0n) is 10.2. The number of rotatable bonds is 4. The fourth-order valence-corrected chi connectivity index (χ4v) is 2.23. The van der Waals surface area contributed by atoms with Gasteiger partial charge in [-0.1, -0.05) is 10.6 Å². The van der Waals surface area contributed by atoms with E-state index >= 15 is 0 Å². The summed E-state index contributed by atoms with van der Waals surface area (Å²) in [6.07, 6.45) is 5.40. The SMILES string of the molecule is O=C(Nc1cnns1)N(Cc1ccccn1)C1CC1. The van der Waals surface area contributed by atoms with Crippen LogP contribution in [0.4, 0.5) is 9.80 Å². The lowest BCUT2D eigenvalue weighted by Crippen LogP contribution is -2.36. The Morgan fingerprint density at radius 3 is 3.00 bits per heavy atom. The summed E-state index contributed by atoms with van der Waals surface area (Å²) in [5.74, 6) is 0. The van der Waals surface area contributed by atoms with Crippen molar-refractivity contribution < 1.29 is 4.79 Å². The van der Waals surface area contributed by atoms with Crippen LogP contribution in [0.15, 0.2) is 30.6 Å². The predicted molar refractivity (Wildman–Crippen MR) is 71.7 cm³/mol. The molecule has 7 heteroatoms. The molecule has 1 N–H and O–H groups in total. The number of aromatic nitrogens is 3. The molecule has 3 rings (SSSR count). The lowest BCUT2D eigenvalue weighted by Gasteiger charge is -2.21. The van der Waals surface area contributed by atoms with Gasteiger partial charge in [0, 0.05) is 23.8 Å². The van der Waals surface area contributed by atoms with E-state index < -0.39 is 0 Å². The molecule has 0 radical (unpaired) electrons. The Hall–Kier alpha value is -2.02. The molecule has 2 aromatic heterocycles. The van der Waals surface area contributed by atoms with Gasteiger partial charge in [-0.25, -0.2) is 4.79 Å². The van der Waals surface area contributed by atoms with Gasteiger partial charge in [0.1, 0.15) is 5.00 Å². The number of hydrogen-bond donors (Lipinski definition) is 1. The van der Waals surface area contributed by atoms with E-state index in [1.54, 1.807) is 12.4 Å². The number of amides is 2. The lowest BCUT2D eigenvalue weighted by molar-refractivity contribution is 0.205. The van der Waals surface area contributed by atoms with Crippen molar-refractivity contribution in [3.8, 4) is 0 Å². The van der Waals surface area contributed by atoms with Gasteiger partial charge >= 0.3 is 6.03 Å². The Balaban J connectivity index is 1.69. The van der Waals surface area contributed by atoms with Gasteiger partial charge in [0.25, 0.3) is 0 Å². The average Bonchev–Trinajstić information content (AvgIpc) is 3.15. The molecule has 0 spiro atoms. The van der Waals surface area contributed by atoms with Crippen molar-refractivity contribution >= 4 is 22.6 Å². The molecule has 2 aromatic rings. The lowest BCUT2D eigenvalue weighted by atomic mass is 10.3. The fraction of sp³-hybridized carbons (Fsp3) is 0.333. The maximum atomic E-state index is 12.2. The normalized spacial score (nSPS) is 14.1. The van der Waals surface area contributed by atoms with Gasteiger partial charge in [0.2, 0.25) is 0 Å². The molecule has 0 aromatic carbocycles. The van der Waals surface area contributed by atoms with E-state index in [1.165, 1.54) is 11.5 Å². The van der Waals surface area contributed by atoms with Gasteiger partial charge in [-0.15, -0.1) is 5.10 Å². The predicted octanol–water partition coefficient (Wildman–Crippen LogP) is 2.13. The summed E-state index contributed by atoms with van der Waals surface area (Å²) < 4.78 is 3.73. The number of anilines is 1. The zero-order valence-corrected chi connectivity index (χ0v) is 11.0. The van der Waals surface area contributed by atoms with E-state index in [0.717, 1.165) is 18.5 Å². The zero-order chi connectivity index (χ0) is 13.1. The summed E-state index contributed by atoms with van der Waals surface area (Å²) in [4.78, 5) is 18.3. The maximum absolute atomic E-state index is 12.2. The third-order valence-corrected chi connectivity index (χ3v) is 3.48. The van der Waals surface area contributed by atoms with Crippen molar-refractivity contribution in [1.29, 1.82) is 0 Å². The molecule has 2 heterocycles. The van der Waals surface area contributed by atoms with Crippen LogP contribution in [-0.4, -0.2) is 31.5 Å². The minimum atomic E-state index is -0.112. The van der Waals surface area contributed by atoms with Crippen molar-refractivity contribution in [2.24, 2.45) is 0 Å². The number of nitrogens with one attached hydrogen (secondary N) is 1. The molecular formula is C12H13N5OS. The van der Waals surface area contributed by atoms with Crippen molar-refractivity contribution in [3.63, 3.8) is 0 Å². The highest BCUT2D eigenvalue weighted by atomic mass is 32.1. The third kappa shape index (κ3) is 3.05. The van der Waals surface area contributed by atoms with Crippen molar-refractivity contribution in [1.82, 2.24) is 19.5 Å². The van der Waals surface area contributed by atoms with Crippen LogP contribution < -0.4 is 5.32 Å². The molecule has 6 nitrogen and oxygen atoms in total. The maximum Gasteiger partial charge on any atom is 0.323 e. The van der Waals surface area contributed by atoms with Gasteiger partial charge in [0.05, 0.1) is 18.4 Å². The summed E-state index contributed by atoms with van der Waals surface area (Å²) in [7, 11) is 0. The molecule has 1 fully saturated rings. The van der Waals surface area contributed by atoms with E-state index in [9.17, 15) is 4.79 Å². The first-order valence-electron chi connectivity index (χ1n) is 6.08. The summed E-state index contributed by atoms with van der Waals surface area (Å²) in [5.41, 5.74) is 0.895. The van der Waals surface area contributed by atoms with E-state index in [0.29, 0.717) is 17.6 Å². The molecule has 1 saturated carbocycles. The van der Waals surface area contributed by atoms with Crippen LogP contribution >= 0.6 is 11.5 Å². The summed E-state index contributed by atoms with van der Waals surface area (Å²) in [5, 5.41) is 7.18. The molecule has 0 aliphatic heterocycles. The highest BCUT2D eigenvalue weighted by Crippen LogP contribution is 2.28. The molecule has 1 aliphatic rings. The molecule has 0 atom stereocenters. The average molecular weight is 275 g/mol. The van der Waals surface area contributed by atoms with E-state index in [1.807, 2.05) is 23.1 Å². The Labute approximate surface area is 114 Å². The summed E-state index contributed by atoms with van der Waals surface area (Å²) >= 11 is 1.17. The monoisotopic (exact) mass is 275 g/mol. The van der Waals surface area contributed by atoms with Crippen LogP contribution in [-0.2, 0) is 6.54 Å². The first-order valence-corrected chi connectivity index (χ1v) is 6.85. The fourth-order valence-electron chi connectivity index (χ4n) is 1.82. The van der Waals surface area contributed by atoms with Crippen LogP contribution in [0.2, 0.25) is 0 Å². The van der Waals surface area contributed by atoms with Gasteiger partial charge in [-0.2, -0.15) is 0 Å². The highest BCUT2D eigenvalue weighted by Gasteiger charge is 2.33. The number of carbonyl (C=O) groups is 1. The third-order valence-electron chi connectivity index (χ3n) is 2.90. The first-order chi connectivity index (χ1) is 9.33. The van der Waals surface area contributed by atoms with E-state index in [-0.39, 0.29) is 6.03 Å². The Morgan fingerprint density at radius 2 is 2.37 bits per heavy atom. The topological polar surface area (TPSA) is 71.0 Å². The van der Waals surface area contributed by atoms with Gasteiger partial charge in [-0.3, -0.25) is 10.3 Å². The van der Waals surface area contributed by atoms with Crippen molar-refractivity contribution in [2.75, 3.05) is 5.32 Å². The van der Waals surface area contributed by atoms with Crippen LogP contribution in [0.3, 0.4) is 0 Å². The largest absolute Gasteiger partial charge is 0.323 e. The van der Waals surface area contributed by atoms with Gasteiger partial charge < -0.3 is 4.90 Å². The molecule has 1 aliphatic carbocycles. The number of pyridine rings is 1. The van der Waals surface area contributed by atoms with Gasteiger partial charge in [0.15, 0.2) is 0 Å². The van der Waals surface area contributed by atoms with Crippen LogP contribution in [0.1, 0.15) is 18.5 Å². The highest BCUT2D eigenvalue weighted by molar-refractivity contribution is 7.10. The Bertz CT molecular complexity index is 541. The molecular weight excluding hydrogens is 262 g/mol. The van der Waals surface area contributed by atoms with E-state index in [4.69, 9.17) is 0 Å². The molecule has 0 bridgehead atoms. The number of nitrogens with zero attached hydrogens (tertiary/aromatic N) is 4. The summed E-state index contributed by atoms with van der Waals surface area (Å²) in [6.45, 7) is 0.531. The molecule has 2 amide bonds. The molecule has 0 saturated heterocycles. The minimum absolute atomic E-state index is 0.112. The summed E-state index contributed by atoms with van der Waals surface area (Å²) in [6, 6.07) is 5.94. The standard InChI is InChI=1S/C12H13N5OS/c18-12(15-11-7-14-16-19-11)17(10-4-5-10)8-9-3-1-2-6-13-9/h1-3,6-7,10H,4-5,8H2,(H,15,18). The second-order valence-corrected chi connectivity index (χ2v) is 5.18. The Kier molecular flexibility index (Phi) is 3.37. The number of hydrogen-bond acceptors (Lipinski definition) is 5.